The molecule has 5 heteroatoms. The molecule has 1 aromatic carbocycles. The van der Waals surface area contributed by atoms with Crippen LogP contribution >= 0.6 is 0 Å². The van der Waals surface area contributed by atoms with Crippen LogP contribution in [0.15, 0.2) is 24.3 Å². The van der Waals surface area contributed by atoms with Crippen LogP contribution in [0.2, 0.25) is 0 Å². The Morgan fingerprint density at radius 3 is 2.27 bits per heavy atom. The molecule has 1 aromatic rings. The van der Waals surface area contributed by atoms with Crippen molar-refractivity contribution in [3.8, 4) is 0 Å². The number of hydrogen-bond acceptors (Lipinski definition) is 3. The molecule has 0 saturated carbocycles. The van der Waals surface area contributed by atoms with Gasteiger partial charge in [-0.2, -0.15) is 0 Å². The highest BCUT2D eigenvalue weighted by atomic mass is 16.5. The van der Waals surface area contributed by atoms with Crippen LogP contribution in [0, 0.1) is 6.92 Å². The maximum Gasteiger partial charge on any atom is 0.253 e. The average Bonchev–Trinajstić information content (AvgIpc) is 3.09. The lowest BCUT2D eigenvalue weighted by molar-refractivity contribution is -0.142. The predicted molar refractivity (Wildman–Crippen MR) is 82.6 cm³/mol. The van der Waals surface area contributed by atoms with Crippen molar-refractivity contribution in [2.24, 2.45) is 0 Å². The summed E-state index contributed by atoms with van der Waals surface area (Å²) in [6.45, 7) is 5.05. The molecule has 2 fully saturated rings. The van der Waals surface area contributed by atoms with Crippen molar-refractivity contribution in [1.82, 2.24) is 9.80 Å². The number of hydrogen-bond donors (Lipinski definition) is 0. The highest BCUT2D eigenvalue weighted by Crippen LogP contribution is 2.17. The Balaban J connectivity index is 1.56. The number of benzene rings is 1. The molecule has 2 aliphatic rings. The molecule has 0 N–H and O–H groups in total. The zero-order chi connectivity index (χ0) is 15.5. The van der Waals surface area contributed by atoms with Gasteiger partial charge in [0.15, 0.2) is 0 Å². The molecule has 0 radical (unpaired) electrons. The van der Waals surface area contributed by atoms with E-state index in [1.807, 2.05) is 41.0 Å². The number of rotatable bonds is 2. The van der Waals surface area contributed by atoms with E-state index in [2.05, 4.69) is 0 Å². The first-order chi connectivity index (χ1) is 10.6. The van der Waals surface area contributed by atoms with E-state index in [4.69, 9.17) is 4.74 Å². The van der Waals surface area contributed by atoms with E-state index in [1.165, 1.54) is 0 Å². The summed E-state index contributed by atoms with van der Waals surface area (Å²) in [5, 5.41) is 0. The summed E-state index contributed by atoms with van der Waals surface area (Å²) in [5.74, 6) is 0.129. The molecule has 2 amide bonds. The van der Waals surface area contributed by atoms with Gasteiger partial charge in [-0.1, -0.05) is 17.7 Å². The van der Waals surface area contributed by atoms with E-state index in [0.29, 0.717) is 38.3 Å². The minimum absolute atomic E-state index is 0.0456. The van der Waals surface area contributed by atoms with Crippen molar-refractivity contribution >= 4 is 11.8 Å². The van der Waals surface area contributed by atoms with Crippen molar-refractivity contribution in [1.29, 1.82) is 0 Å². The molecule has 0 unspecified atom stereocenters. The fourth-order valence-electron chi connectivity index (χ4n) is 2.98. The maximum atomic E-state index is 12.4. The normalized spacial score (nSPS) is 22.0. The van der Waals surface area contributed by atoms with E-state index in [0.717, 1.165) is 18.4 Å². The van der Waals surface area contributed by atoms with Crippen LogP contribution in [0.4, 0.5) is 0 Å². The van der Waals surface area contributed by atoms with Crippen molar-refractivity contribution in [2.45, 2.75) is 25.9 Å². The zero-order valence-corrected chi connectivity index (χ0v) is 13.0. The van der Waals surface area contributed by atoms with Crippen molar-refractivity contribution in [3.63, 3.8) is 0 Å². The summed E-state index contributed by atoms with van der Waals surface area (Å²) >= 11 is 0. The Bertz CT molecular complexity index is 542. The molecule has 2 aliphatic heterocycles. The Morgan fingerprint density at radius 1 is 1.05 bits per heavy atom. The lowest BCUT2D eigenvalue weighted by Crippen LogP contribution is -2.52. The fourth-order valence-corrected chi connectivity index (χ4v) is 2.98. The Hall–Kier alpha value is -1.88. The lowest BCUT2D eigenvalue weighted by Gasteiger charge is -2.35. The number of aryl methyl sites for hydroxylation is 1. The first kappa shape index (κ1) is 15.0. The van der Waals surface area contributed by atoms with Gasteiger partial charge in [-0.3, -0.25) is 9.59 Å². The predicted octanol–water partition coefficient (Wildman–Crippen LogP) is 1.46. The molecule has 2 saturated heterocycles. The summed E-state index contributed by atoms with van der Waals surface area (Å²) in [7, 11) is 0. The van der Waals surface area contributed by atoms with Gasteiger partial charge in [-0.25, -0.2) is 0 Å². The standard InChI is InChI=1S/C17H22N2O3/c1-13-4-6-14(7-5-13)16(20)18-8-10-19(11-9-18)17(21)15-3-2-12-22-15/h4-7,15H,2-3,8-12H2,1H3/t15-/m0/s1. The van der Waals surface area contributed by atoms with Gasteiger partial charge in [0.2, 0.25) is 0 Å². The van der Waals surface area contributed by atoms with Crippen LogP contribution in [-0.4, -0.2) is 60.5 Å². The number of amides is 2. The first-order valence-corrected chi connectivity index (χ1v) is 7.91. The summed E-state index contributed by atoms with van der Waals surface area (Å²) < 4.78 is 5.45. The number of piperazine rings is 1. The second kappa shape index (κ2) is 6.48. The van der Waals surface area contributed by atoms with Gasteiger partial charge in [-0.15, -0.1) is 0 Å². The largest absolute Gasteiger partial charge is 0.368 e. The number of carbonyl (C=O) groups is 2. The quantitative estimate of drug-likeness (QED) is 0.831. The molecule has 22 heavy (non-hydrogen) atoms. The molecule has 5 nitrogen and oxygen atoms in total. The van der Waals surface area contributed by atoms with E-state index >= 15 is 0 Å². The van der Waals surface area contributed by atoms with Gasteiger partial charge in [-0.05, 0) is 31.9 Å². The Labute approximate surface area is 130 Å². The highest BCUT2D eigenvalue weighted by molar-refractivity contribution is 5.94. The minimum atomic E-state index is -0.264. The SMILES string of the molecule is Cc1ccc(C(=O)N2CCN(C(=O)[C@@H]3CCCO3)CC2)cc1. The molecule has 3 rings (SSSR count). The molecular formula is C17H22N2O3. The van der Waals surface area contributed by atoms with Crippen LogP contribution < -0.4 is 0 Å². The fraction of sp³-hybridized carbons (Fsp3) is 0.529. The van der Waals surface area contributed by atoms with Gasteiger partial charge >= 0.3 is 0 Å². The molecule has 0 spiro atoms. The molecule has 0 aromatic heterocycles. The van der Waals surface area contributed by atoms with Gasteiger partial charge in [0.25, 0.3) is 11.8 Å². The van der Waals surface area contributed by atoms with E-state index in [9.17, 15) is 9.59 Å². The van der Waals surface area contributed by atoms with Gasteiger partial charge in [0, 0.05) is 38.3 Å². The smallest absolute Gasteiger partial charge is 0.253 e. The number of carbonyl (C=O) groups excluding carboxylic acids is 2. The van der Waals surface area contributed by atoms with E-state index in [1.54, 1.807) is 0 Å². The molecule has 0 aliphatic carbocycles. The molecule has 0 bridgehead atoms. The van der Waals surface area contributed by atoms with Gasteiger partial charge in [0.1, 0.15) is 6.10 Å². The van der Waals surface area contributed by atoms with Crippen LogP contribution in [0.25, 0.3) is 0 Å². The molecule has 2 heterocycles. The molecular weight excluding hydrogens is 280 g/mol. The maximum absolute atomic E-state index is 12.4. The van der Waals surface area contributed by atoms with Gasteiger partial charge < -0.3 is 14.5 Å². The monoisotopic (exact) mass is 302 g/mol. The second-order valence-corrected chi connectivity index (χ2v) is 5.99. The van der Waals surface area contributed by atoms with Crippen molar-refractivity contribution in [2.75, 3.05) is 32.8 Å². The summed E-state index contributed by atoms with van der Waals surface area (Å²) in [4.78, 5) is 28.4. The third-order valence-corrected chi connectivity index (χ3v) is 4.38. The molecule has 1 atom stereocenters. The third-order valence-electron chi connectivity index (χ3n) is 4.38. The summed E-state index contributed by atoms with van der Waals surface area (Å²) in [6, 6.07) is 7.62. The van der Waals surface area contributed by atoms with Gasteiger partial charge in [0.05, 0.1) is 0 Å². The van der Waals surface area contributed by atoms with Crippen molar-refractivity contribution in [3.05, 3.63) is 35.4 Å². The Morgan fingerprint density at radius 2 is 1.68 bits per heavy atom. The summed E-state index contributed by atoms with van der Waals surface area (Å²) in [6.07, 6.45) is 1.52. The lowest BCUT2D eigenvalue weighted by atomic mass is 10.1. The van der Waals surface area contributed by atoms with Crippen LogP contribution in [0.5, 0.6) is 0 Å². The van der Waals surface area contributed by atoms with Crippen LogP contribution in [-0.2, 0) is 9.53 Å². The van der Waals surface area contributed by atoms with Crippen LogP contribution in [0.3, 0.4) is 0 Å². The van der Waals surface area contributed by atoms with Crippen molar-refractivity contribution < 1.29 is 14.3 Å². The third kappa shape index (κ3) is 3.14. The second-order valence-electron chi connectivity index (χ2n) is 5.99. The van der Waals surface area contributed by atoms with Crippen LogP contribution in [0.1, 0.15) is 28.8 Å². The van der Waals surface area contributed by atoms with E-state index in [-0.39, 0.29) is 17.9 Å². The van der Waals surface area contributed by atoms with E-state index < -0.39 is 0 Å². The first-order valence-electron chi connectivity index (χ1n) is 7.91. The highest BCUT2D eigenvalue weighted by Gasteiger charge is 2.31. The number of ether oxygens (including phenoxy) is 1. The Kier molecular flexibility index (Phi) is 4.43. The molecule has 118 valence electrons. The average molecular weight is 302 g/mol. The minimum Gasteiger partial charge on any atom is -0.368 e. The number of nitrogens with zero attached hydrogens (tertiary/aromatic N) is 2. The topological polar surface area (TPSA) is 49.9 Å². The zero-order valence-electron chi connectivity index (χ0n) is 13.0. The summed E-state index contributed by atoms with van der Waals surface area (Å²) in [5.41, 5.74) is 1.85.